The Hall–Kier alpha value is -3.50. The summed E-state index contributed by atoms with van der Waals surface area (Å²) in [7, 11) is 0. The van der Waals surface area contributed by atoms with E-state index in [1.54, 1.807) is 22.0 Å². The molecule has 0 spiro atoms. The van der Waals surface area contributed by atoms with Crippen molar-refractivity contribution in [2.24, 2.45) is 0 Å². The Balaban J connectivity index is 1.52. The summed E-state index contributed by atoms with van der Waals surface area (Å²) in [6, 6.07) is 11.7. The first-order chi connectivity index (χ1) is 17.3. The number of nitro benzene ring substituents is 1. The Labute approximate surface area is 215 Å². The molecule has 0 radical (unpaired) electrons. The van der Waals surface area contributed by atoms with Crippen molar-refractivity contribution in [3.05, 3.63) is 84.5 Å². The van der Waals surface area contributed by atoms with E-state index in [0.29, 0.717) is 16.2 Å². The molecule has 2 heterocycles. The van der Waals surface area contributed by atoms with Crippen LogP contribution in [0.25, 0.3) is 15.9 Å². The molecule has 1 aliphatic rings. The molecule has 0 bridgehead atoms. The average molecular weight is 521 g/mol. The van der Waals surface area contributed by atoms with Gasteiger partial charge in [-0.25, -0.2) is 4.98 Å². The Morgan fingerprint density at radius 1 is 1.19 bits per heavy atom. The van der Waals surface area contributed by atoms with Crippen LogP contribution in [-0.4, -0.2) is 26.1 Å². The minimum Gasteiger partial charge on any atom is -0.325 e. The Morgan fingerprint density at radius 3 is 2.78 bits per heavy atom. The molecule has 0 fully saturated rings. The lowest BCUT2D eigenvalue weighted by Gasteiger charge is -2.15. The average Bonchev–Trinajstić information content (AvgIpc) is 3.22. The highest BCUT2D eigenvalue weighted by atomic mass is 32.2. The lowest BCUT2D eigenvalue weighted by Crippen LogP contribution is -2.24. The van der Waals surface area contributed by atoms with Crippen LogP contribution in [-0.2, 0) is 17.6 Å². The maximum atomic E-state index is 13.9. The zero-order chi connectivity index (χ0) is 25.4. The van der Waals surface area contributed by atoms with Crippen LogP contribution >= 0.6 is 23.1 Å². The number of carbonyl (C=O) groups excluding carboxylic acids is 1. The second kappa shape index (κ2) is 9.87. The molecular formula is C26H24N4O4S2. The van der Waals surface area contributed by atoms with E-state index in [-0.39, 0.29) is 22.9 Å². The molecule has 0 saturated heterocycles. The summed E-state index contributed by atoms with van der Waals surface area (Å²) in [6.45, 7) is 3.97. The summed E-state index contributed by atoms with van der Waals surface area (Å²) in [5.41, 5.74) is 4.05. The number of non-ortho nitro benzene ring substituents is 1. The highest BCUT2D eigenvalue weighted by molar-refractivity contribution is 7.99. The van der Waals surface area contributed by atoms with Crippen LogP contribution in [0.1, 0.15) is 34.4 Å². The molecule has 0 saturated carbocycles. The Kier molecular flexibility index (Phi) is 6.63. The summed E-state index contributed by atoms with van der Waals surface area (Å²) in [4.78, 5) is 44.0. The highest BCUT2D eigenvalue weighted by Gasteiger charge is 2.24. The van der Waals surface area contributed by atoms with Crippen molar-refractivity contribution in [3.8, 4) is 5.69 Å². The van der Waals surface area contributed by atoms with Gasteiger partial charge in [-0.1, -0.05) is 35.5 Å². The van der Waals surface area contributed by atoms with Crippen LogP contribution in [0.3, 0.4) is 0 Å². The largest absolute Gasteiger partial charge is 0.325 e. The van der Waals surface area contributed by atoms with Gasteiger partial charge in [0.15, 0.2) is 5.16 Å². The van der Waals surface area contributed by atoms with Crippen molar-refractivity contribution in [2.75, 3.05) is 11.1 Å². The molecule has 10 heteroatoms. The van der Waals surface area contributed by atoms with Crippen molar-refractivity contribution in [1.82, 2.24) is 9.55 Å². The topological polar surface area (TPSA) is 107 Å². The number of aryl methyl sites for hydroxylation is 4. The molecule has 0 aliphatic heterocycles. The molecule has 1 N–H and O–H groups in total. The number of fused-ring (bicyclic) bond motifs is 3. The minimum absolute atomic E-state index is 0.00334. The molecule has 2 aromatic heterocycles. The van der Waals surface area contributed by atoms with E-state index in [2.05, 4.69) is 5.32 Å². The fraction of sp³-hybridized carbons (Fsp3) is 0.269. The number of anilines is 1. The third kappa shape index (κ3) is 4.66. The third-order valence-corrected chi connectivity index (χ3v) is 8.35. The summed E-state index contributed by atoms with van der Waals surface area (Å²) in [6.07, 6.45) is 4.03. The summed E-state index contributed by atoms with van der Waals surface area (Å²) < 4.78 is 1.63. The smallest absolute Gasteiger partial charge is 0.271 e. The number of aromatic nitrogens is 2. The van der Waals surface area contributed by atoms with Gasteiger partial charge in [0.1, 0.15) is 4.83 Å². The zero-order valence-electron chi connectivity index (χ0n) is 19.9. The number of nitro groups is 1. The highest BCUT2D eigenvalue weighted by Crippen LogP contribution is 2.35. The second-order valence-corrected chi connectivity index (χ2v) is 10.9. The minimum atomic E-state index is -0.507. The Bertz CT molecular complexity index is 1570. The second-order valence-electron chi connectivity index (χ2n) is 8.86. The molecule has 0 atom stereocenters. The SMILES string of the molecule is Cc1ccc(-n2c(SCC(=O)Nc3cccc([N+](=O)[O-])c3)nc3sc4c(c3c2=O)CCCC4)c(C)c1. The van der Waals surface area contributed by atoms with Gasteiger partial charge >= 0.3 is 0 Å². The standard InChI is InChI=1S/C26H24N4O4S2/c1-15-10-11-20(16(2)12-15)29-25(32)23-19-8-3-4-9-21(19)36-24(23)28-26(29)35-14-22(31)27-17-6-5-7-18(13-17)30(33)34/h5-7,10-13H,3-4,8-9,14H2,1-2H3,(H,27,31). The van der Waals surface area contributed by atoms with Gasteiger partial charge < -0.3 is 5.32 Å². The van der Waals surface area contributed by atoms with E-state index in [1.165, 1.54) is 34.8 Å². The van der Waals surface area contributed by atoms with Crippen molar-refractivity contribution in [1.29, 1.82) is 0 Å². The number of carbonyl (C=O) groups is 1. The van der Waals surface area contributed by atoms with E-state index < -0.39 is 4.92 Å². The van der Waals surface area contributed by atoms with Gasteiger partial charge in [-0.05, 0) is 62.8 Å². The normalized spacial score (nSPS) is 12.9. The van der Waals surface area contributed by atoms with Crippen molar-refractivity contribution < 1.29 is 9.72 Å². The van der Waals surface area contributed by atoms with Crippen molar-refractivity contribution >= 4 is 50.6 Å². The number of nitrogens with zero attached hydrogens (tertiary/aromatic N) is 3. The number of thioether (sulfide) groups is 1. The maximum absolute atomic E-state index is 13.9. The van der Waals surface area contributed by atoms with E-state index in [0.717, 1.165) is 52.9 Å². The maximum Gasteiger partial charge on any atom is 0.271 e. The van der Waals surface area contributed by atoms with Gasteiger partial charge in [-0.3, -0.25) is 24.3 Å². The van der Waals surface area contributed by atoms with Gasteiger partial charge in [0.05, 0.1) is 21.7 Å². The number of hydrogen-bond donors (Lipinski definition) is 1. The molecule has 1 aliphatic carbocycles. The van der Waals surface area contributed by atoms with Gasteiger partial charge in [-0.15, -0.1) is 11.3 Å². The Morgan fingerprint density at radius 2 is 2.00 bits per heavy atom. The molecular weight excluding hydrogens is 496 g/mol. The lowest BCUT2D eigenvalue weighted by atomic mass is 9.97. The predicted octanol–water partition coefficient (Wildman–Crippen LogP) is 5.58. The van der Waals surface area contributed by atoms with Crippen LogP contribution in [0, 0.1) is 24.0 Å². The molecule has 0 unspecified atom stereocenters. The zero-order valence-corrected chi connectivity index (χ0v) is 21.5. The lowest BCUT2D eigenvalue weighted by molar-refractivity contribution is -0.384. The van der Waals surface area contributed by atoms with Crippen LogP contribution in [0.4, 0.5) is 11.4 Å². The molecule has 184 valence electrons. The number of thiophene rings is 1. The molecule has 5 rings (SSSR count). The van der Waals surface area contributed by atoms with Gasteiger partial charge in [0, 0.05) is 22.7 Å². The van der Waals surface area contributed by atoms with Crippen LogP contribution in [0.5, 0.6) is 0 Å². The van der Waals surface area contributed by atoms with Gasteiger partial charge in [-0.2, -0.15) is 0 Å². The monoisotopic (exact) mass is 520 g/mol. The molecule has 4 aromatic rings. The van der Waals surface area contributed by atoms with Crippen LogP contribution in [0.2, 0.25) is 0 Å². The molecule has 36 heavy (non-hydrogen) atoms. The quantitative estimate of drug-likeness (QED) is 0.154. The number of nitrogens with one attached hydrogen (secondary N) is 1. The van der Waals surface area contributed by atoms with E-state index >= 15 is 0 Å². The van der Waals surface area contributed by atoms with E-state index in [9.17, 15) is 19.7 Å². The summed E-state index contributed by atoms with van der Waals surface area (Å²) in [5, 5.41) is 14.9. The van der Waals surface area contributed by atoms with E-state index in [4.69, 9.17) is 4.98 Å². The van der Waals surface area contributed by atoms with Crippen LogP contribution in [0.15, 0.2) is 52.4 Å². The van der Waals surface area contributed by atoms with E-state index in [1.807, 2.05) is 32.0 Å². The fourth-order valence-corrected chi connectivity index (χ4v) is 6.68. The number of hydrogen-bond acceptors (Lipinski definition) is 7. The van der Waals surface area contributed by atoms with Crippen molar-refractivity contribution in [2.45, 2.75) is 44.7 Å². The number of benzene rings is 2. The van der Waals surface area contributed by atoms with Gasteiger partial charge in [0.25, 0.3) is 11.2 Å². The molecule has 2 aromatic carbocycles. The third-order valence-electron chi connectivity index (χ3n) is 6.22. The first-order valence-electron chi connectivity index (χ1n) is 11.6. The first-order valence-corrected chi connectivity index (χ1v) is 13.4. The summed E-state index contributed by atoms with van der Waals surface area (Å²) >= 11 is 2.76. The molecule has 1 amide bonds. The van der Waals surface area contributed by atoms with Crippen molar-refractivity contribution in [3.63, 3.8) is 0 Å². The van der Waals surface area contributed by atoms with Gasteiger partial charge in [0.2, 0.25) is 5.91 Å². The molecule has 8 nitrogen and oxygen atoms in total. The fourth-order valence-electron chi connectivity index (χ4n) is 4.58. The number of amides is 1. The first kappa shape index (κ1) is 24.2. The van der Waals surface area contributed by atoms with Crippen LogP contribution < -0.4 is 10.9 Å². The summed E-state index contributed by atoms with van der Waals surface area (Å²) in [5.74, 6) is -0.344. The number of rotatable bonds is 6. The predicted molar refractivity (Wildman–Crippen MR) is 144 cm³/mol.